The number of para-hydroxylation sites is 1. The molecular formula is C20H14F6N2O2. The summed E-state index contributed by atoms with van der Waals surface area (Å²) in [4.78, 5) is 16.3. The number of carbonyl (C=O) groups excluding carboxylic acids is 1. The maximum absolute atomic E-state index is 12.9. The summed E-state index contributed by atoms with van der Waals surface area (Å²) in [5.74, 6) is -0.646. The van der Waals surface area contributed by atoms with E-state index in [9.17, 15) is 31.1 Å². The number of hydrogen-bond acceptors (Lipinski definition) is 3. The first kappa shape index (κ1) is 21.4. The Balaban J connectivity index is 1.68. The molecule has 0 saturated heterocycles. The summed E-state index contributed by atoms with van der Waals surface area (Å²) in [5, 5.41) is 3.08. The molecule has 0 atom stereocenters. The lowest BCUT2D eigenvalue weighted by Gasteiger charge is -2.14. The molecule has 0 aliphatic carbocycles. The summed E-state index contributed by atoms with van der Waals surface area (Å²) >= 11 is 0. The lowest BCUT2D eigenvalue weighted by molar-refractivity contribution is -0.143. The van der Waals surface area contributed by atoms with Crippen LogP contribution in [0.25, 0.3) is 10.9 Å². The van der Waals surface area contributed by atoms with Crippen molar-refractivity contribution in [3.63, 3.8) is 0 Å². The van der Waals surface area contributed by atoms with Gasteiger partial charge in [-0.25, -0.2) is 0 Å². The number of rotatable bonds is 5. The first-order chi connectivity index (χ1) is 14.1. The Bertz CT molecular complexity index is 1030. The smallest absolute Gasteiger partial charge is 0.416 e. The molecule has 158 valence electrons. The van der Waals surface area contributed by atoms with Crippen LogP contribution < -0.4 is 10.1 Å². The zero-order valence-corrected chi connectivity index (χ0v) is 15.1. The van der Waals surface area contributed by atoms with Gasteiger partial charge in [0.15, 0.2) is 0 Å². The maximum atomic E-state index is 12.9. The predicted octanol–water partition coefficient (Wildman–Crippen LogP) is 5.08. The lowest BCUT2D eigenvalue weighted by atomic mass is 10.0. The fourth-order valence-electron chi connectivity index (χ4n) is 2.71. The van der Waals surface area contributed by atoms with Crippen molar-refractivity contribution in [3.8, 4) is 5.75 Å². The average Bonchev–Trinajstić information content (AvgIpc) is 2.69. The normalized spacial score (nSPS) is 12.1. The van der Waals surface area contributed by atoms with Crippen molar-refractivity contribution < 1.29 is 35.9 Å². The molecule has 0 aliphatic rings. The number of pyridine rings is 1. The topological polar surface area (TPSA) is 51.2 Å². The van der Waals surface area contributed by atoms with Crippen molar-refractivity contribution in [1.82, 2.24) is 10.3 Å². The van der Waals surface area contributed by atoms with E-state index in [1.165, 1.54) is 0 Å². The molecule has 1 aromatic heterocycles. The SMILES string of the molecule is O=C(NCCOc1cccc2cccnc12)c1cc(C(F)(F)F)cc(C(F)(F)F)c1. The number of ether oxygens (including phenoxy) is 1. The first-order valence-corrected chi connectivity index (χ1v) is 8.60. The quantitative estimate of drug-likeness (QED) is 0.456. The molecule has 2 aromatic carbocycles. The van der Waals surface area contributed by atoms with Gasteiger partial charge in [-0.2, -0.15) is 26.3 Å². The van der Waals surface area contributed by atoms with E-state index >= 15 is 0 Å². The van der Waals surface area contributed by atoms with Crippen LogP contribution in [0.15, 0.2) is 54.7 Å². The number of aromatic nitrogens is 1. The second-order valence-corrected chi connectivity index (χ2v) is 6.23. The van der Waals surface area contributed by atoms with E-state index in [0.29, 0.717) is 23.4 Å². The molecule has 1 amide bonds. The third-order valence-corrected chi connectivity index (χ3v) is 4.09. The monoisotopic (exact) mass is 428 g/mol. The van der Waals surface area contributed by atoms with Crippen LogP contribution in [0.1, 0.15) is 21.5 Å². The van der Waals surface area contributed by atoms with Crippen LogP contribution in [0.4, 0.5) is 26.3 Å². The third-order valence-electron chi connectivity index (χ3n) is 4.09. The molecule has 0 unspecified atom stereocenters. The van der Waals surface area contributed by atoms with Crippen LogP contribution in [0, 0.1) is 0 Å². The van der Waals surface area contributed by atoms with E-state index in [1.807, 2.05) is 12.1 Å². The summed E-state index contributed by atoms with van der Waals surface area (Å²) in [6, 6.07) is 9.49. The maximum Gasteiger partial charge on any atom is 0.416 e. The van der Waals surface area contributed by atoms with E-state index in [0.717, 1.165) is 5.39 Å². The molecule has 3 rings (SSSR count). The molecule has 30 heavy (non-hydrogen) atoms. The minimum atomic E-state index is -5.03. The molecule has 0 aliphatic heterocycles. The van der Waals surface area contributed by atoms with Crippen molar-refractivity contribution in [2.45, 2.75) is 12.4 Å². The van der Waals surface area contributed by atoms with E-state index in [4.69, 9.17) is 4.74 Å². The molecule has 10 heteroatoms. The van der Waals surface area contributed by atoms with Crippen molar-refractivity contribution in [2.75, 3.05) is 13.2 Å². The van der Waals surface area contributed by atoms with Gasteiger partial charge in [-0.15, -0.1) is 0 Å². The summed E-state index contributed by atoms with van der Waals surface area (Å²) in [6.07, 6.45) is -8.48. The highest BCUT2D eigenvalue weighted by atomic mass is 19.4. The molecule has 0 fully saturated rings. The van der Waals surface area contributed by atoms with E-state index in [1.54, 1.807) is 24.4 Å². The van der Waals surface area contributed by atoms with Gasteiger partial charge in [-0.05, 0) is 30.3 Å². The predicted molar refractivity (Wildman–Crippen MR) is 96.0 cm³/mol. The van der Waals surface area contributed by atoms with Crippen LogP contribution in [0.3, 0.4) is 0 Å². The fraction of sp³-hybridized carbons (Fsp3) is 0.200. The minimum Gasteiger partial charge on any atom is -0.489 e. The van der Waals surface area contributed by atoms with Crippen LogP contribution in [-0.4, -0.2) is 24.0 Å². The highest BCUT2D eigenvalue weighted by Crippen LogP contribution is 2.36. The van der Waals surface area contributed by atoms with Gasteiger partial charge >= 0.3 is 12.4 Å². The molecule has 3 aromatic rings. The van der Waals surface area contributed by atoms with Gasteiger partial charge in [0.2, 0.25) is 0 Å². The Kier molecular flexibility index (Phi) is 5.86. The largest absolute Gasteiger partial charge is 0.489 e. The number of carbonyl (C=O) groups is 1. The van der Waals surface area contributed by atoms with E-state index < -0.39 is 35.0 Å². The Labute approximate surface area is 166 Å². The standard InChI is InChI=1S/C20H14F6N2O2/c21-19(22,23)14-9-13(10-15(11-14)20(24,25)26)18(29)28-7-8-30-16-5-1-3-12-4-2-6-27-17(12)16/h1-6,9-11H,7-8H2,(H,28,29). The molecule has 0 spiro atoms. The zero-order valence-electron chi connectivity index (χ0n) is 15.1. The van der Waals surface area contributed by atoms with Gasteiger partial charge in [0, 0.05) is 17.1 Å². The van der Waals surface area contributed by atoms with E-state index in [-0.39, 0.29) is 19.2 Å². The highest BCUT2D eigenvalue weighted by molar-refractivity contribution is 5.94. The number of benzene rings is 2. The number of hydrogen-bond donors (Lipinski definition) is 1. The van der Waals surface area contributed by atoms with Gasteiger partial charge in [-0.3, -0.25) is 9.78 Å². The van der Waals surface area contributed by atoms with Crippen molar-refractivity contribution in [1.29, 1.82) is 0 Å². The summed E-state index contributed by atoms with van der Waals surface area (Å²) < 4.78 is 82.9. The van der Waals surface area contributed by atoms with Gasteiger partial charge in [-0.1, -0.05) is 18.2 Å². The number of nitrogens with zero attached hydrogens (tertiary/aromatic N) is 1. The van der Waals surface area contributed by atoms with Crippen LogP contribution >= 0.6 is 0 Å². The van der Waals surface area contributed by atoms with Gasteiger partial charge in [0.05, 0.1) is 17.7 Å². The minimum absolute atomic E-state index is 0.0343. The molecule has 4 nitrogen and oxygen atoms in total. The van der Waals surface area contributed by atoms with E-state index in [2.05, 4.69) is 10.3 Å². The lowest BCUT2D eigenvalue weighted by Crippen LogP contribution is -2.28. The molecule has 0 radical (unpaired) electrons. The second kappa shape index (κ2) is 8.21. The molecule has 0 saturated carbocycles. The highest BCUT2D eigenvalue weighted by Gasteiger charge is 2.37. The summed E-state index contributed by atoms with van der Waals surface area (Å²) in [6.45, 7) is -0.202. The van der Waals surface area contributed by atoms with Crippen LogP contribution in [0.5, 0.6) is 5.75 Å². The van der Waals surface area contributed by atoms with Crippen molar-refractivity contribution in [2.24, 2.45) is 0 Å². The molecule has 1 heterocycles. The van der Waals surface area contributed by atoms with Gasteiger partial charge in [0.25, 0.3) is 5.91 Å². The zero-order chi connectivity index (χ0) is 21.9. The molecule has 0 bridgehead atoms. The van der Waals surface area contributed by atoms with Crippen LogP contribution in [-0.2, 0) is 12.4 Å². The number of halogens is 6. The number of alkyl halides is 6. The Hall–Kier alpha value is -3.30. The van der Waals surface area contributed by atoms with Crippen LogP contribution in [0.2, 0.25) is 0 Å². The Morgan fingerprint density at radius 3 is 2.20 bits per heavy atom. The first-order valence-electron chi connectivity index (χ1n) is 8.60. The van der Waals surface area contributed by atoms with Crippen molar-refractivity contribution in [3.05, 3.63) is 71.4 Å². The van der Waals surface area contributed by atoms with Gasteiger partial charge < -0.3 is 10.1 Å². The summed E-state index contributed by atoms with van der Waals surface area (Å²) in [7, 11) is 0. The molecule has 1 N–H and O–H groups in total. The van der Waals surface area contributed by atoms with Gasteiger partial charge in [0.1, 0.15) is 17.9 Å². The number of nitrogens with one attached hydrogen (secondary N) is 1. The molecular weight excluding hydrogens is 414 g/mol. The number of fused-ring (bicyclic) bond motifs is 1. The average molecular weight is 428 g/mol. The fourth-order valence-corrected chi connectivity index (χ4v) is 2.71. The summed E-state index contributed by atoms with van der Waals surface area (Å²) in [5.41, 5.74) is -3.27. The number of amides is 1. The van der Waals surface area contributed by atoms with Crippen molar-refractivity contribution >= 4 is 16.8 Å². The third kappa shape index (κ3) is 5.00. The Morgan fingerprint density at radius 1 is 0.933 bits per heavy atom. The second-order valence-electron chi connectivity index (χ2n) is 6.23. The Morgan fingerprint density at radius 2 is 1.57 bits per heavy atom.